The van der Waals surface area contributed by atoms with Gasteiger partial charge in [-0.3, -0.25) is 0 Å². The van der Waals surface area contributed by atoms with Crippen molar-refractivity contribution in [3.8, 4) is 11.5 Å². The van der Waals surface area contributed by atoms with Gasteiger partial charge < -0.3 is 14.8 Å². The Balaban J connectivity index is 1.74. The van der Waals surface area contributed by atoms with Gasteiger partial charge in [0.05, 0.1) is 11.6 Å². The van der Waals surface area contributed by atoms with Crippen LogP contribution in [-0.4, -0.2) is 7.11 Å². The van der Waals surface area contributed by atoms with Crippen molar-refractivity contribution in [2.75, 3.05) is 12.4 Å². The average molecular weight is 444 g/mol. The molecule has 0 spiro atoms. The van der Waals surface area contributed by atoms with Crippen LogP contribution in [0.3, 0.4) is 0 Å². The summed E-state index contributed by atoms with van der Waals surface area (Å²) < 4.78 is 25.9. The molecule has 1 N–H and O–H groups in total. The first-order valence-electron chi connectivity index (χ1n) is 9.01. The minimum Gasteiger partial charge on any atom is -0.493 e. The average Bonchev–Trinajstić information content (AvgIpc) is 2.67. The van der Waals surface area contributed by atoms with E-state index in [4.69, 9.17) is 9.47 Å². The van der Waals surface area contributed by atoms with E-state index in [2.05, 4.69) is 53.3 Å². The Morgan fingerprint density at radius 1 is 1.04 bits per heavy atom. The molecular weight excluding hydrogens is 421 g/mol. The van der Waals surface area contributed by atoms with Crippen LogP contribution in [0.25, 0.3) is 0 Å². The molecule has 0 radical (unpaired) electrons. The molecule has 0 fully saturated rings. The summed E-state index contributed by atoms with van der Waals surface area (Å²) in [6.07, 6.45) is 0. The van der Waals surface area contributed by atoms with E-state index in [1.165, 1.54) is 17.2 Å². The number of benzene rings is 3. The van der Waals surface area contributed by atoms with Crippen molar-refractivity contribution in [1.82, 2.24) is 0 Å². The Morgan fingerprint density at radius 3 is 2.54 bits per heavy atom. The van der Waals surface area contributed by atoms with Gasteiger partial charge in [0, 0.05) is 17.8 Å². The van der Waals surface area contributed by atoms with Gasteiger partial charge in [-0.25, -0.2) is 4.39 Å². The van der Waals surface area contributed by atoms with E-state index in [-0.39, 0.29) is 12.4 Å². The molecule has 146 valence electrons. The van der Waals surface area contributed by atoms with Crippen molar-refractivity contribution in [2.24, 2.45) is 0 Å². The first-order chi connectivity index (χ1) is 13.5. The van der Waals surface area contributed by atoms with E-state index < -0.39 is 0 Å². The van der Waals surface area contributed by atoms with Crippen molar-refractivity contribution < 1.29 is 13.9 Å². The topological polar surface area (TPSA) is 30.5 Å². The standard InChI is InChI=1S/C23H23BrFNO2/c1-15-8-9-21(16(2)10-15)26-13-17-11-19(24)23(22(12-17)27-3)28-14-18-6-4-5-7-20(18)25/h4-12,26H,13-14H2,1-3H3. The van der Waals surface area contributed by atoms with Crippen LogP contribution in [0.2, 0.25) is 0 Å². The number of nitrogens with one attached hydrogen (secondary N) is 1. The smallest absolute Gasteiger partial charge is 0.175 e. The maximum Gasteiger partial charge on any atom is 0.175 e. The third-order valence-electron chi connectivity index (χ3n) is 4.48. The van der Waals surface area contributed by atoms with Crippen LogP contribution < -0.4 is 14.8 Å². The highest BCUT2D eigenvalue weighted by molar-refractivity contribution is 9.10. The van der Waals surface area contributed by atoms with Gasteiger partial charge >= 0.3 is 0 Å². The molecule has 28 heavy (non-hydrogen) atoms. The Hall–Kier alpha value is -2.53. The summed E-state index contributed by atoms with van der Waals surface area (Å²) in [5, 5.41) is 3.45. The number of anilines is 1. The van der Waals surface area contributed by atoms with Gasteiger partial charge in [-0.15, -0.1) is 0 Å². The number of hydrogen-bond acceptors (Lipinski definition) is 3. The highest BCUT2D eigenvalue weighted by Gasteiger charge is 2.13. The lowest BCUT2D eigenvalue weighted by Crippen LogP contribution is -2.04. The summed E-state index contributed by atoms with van der Waals surface area (Å²) in [5.41, 5.74) is 5.08. The van der Waals surface area contributed by atoms with Gasteiger partial charge in [0.15, 0.2) is 11.5 Å². The van der Waals surface area contributed by atoms with Gasteiger partial charge in [-0.2, -0.15) is 0 Å². The molecule has 0 atom stereocenters. The molecule has 5 heteroatoms. The zero-order chi connectivity index (χ0) is 20.1. The molecule has 0 aliphatic rings. The number of methoxy groups -OCH3 is 1. The Kier molecular flexibility index (Phi) is 6.57. The third-order valence-corrected chi connectivity index (χ3v) is 5.07. The molecule has 0 unspecified atom stereocenters. The predicted octanol–water partition coefficient (Wildman–Crippen LogP) is 6.40. The second-order valence-corrected chi connectivity index (χ2v) is 7.52. The van der Waals surface area contributed by atoms with Crippen molar-refractivity contribution in [1.29, 1.82) is 0 Å². The lowest BCUT2D eigenvalue weighted by molar-refractivity contribution is 0.277. The highest BCUT2D eigenvalue weighted by atomic mass is 79.9. The van der Waals surface area contributed by atoms with Gasteiger partial charge in [0.2, 0.25) is 0 Å². The SMILES string of the molecule is COc1cc(CNc2ccc(C)cc2C)cc(Br)c1OCc1ccccc1F. The minimum atomic E-state index is -0.285. The predicted molar refractivity (Wildman–Crippen MR) is 115 cm³/mol. The van der Waals surface area contributed by atoms with Crippen LogP contribution >= 0.6 is 15.9 Å². The van der Waals surface area contributed by atoms with Gasteiger partial charge in [-0.05, 0) is 65.2 Å². The van der Waals surface area contributed by atoms with Crippen LogP contribution in [0, 0.1) is 19.7 Å². The first kappa shape index (κ1) is 20.2. The highest BCUT2D eigenvalue weighted by Crippen LogP contribution is 2.37. The maximum absolute atomic E-state index is 13.8. The fourth-order valence-corrected chi connectivity index (χ4v) is 3.59. The molecule has 0 bridgehead atoms. The second kappa shape index (κ2) is 9.11. The van der Waals surface area contributed by atoms with Crippen LogP contribution in [0.4, 0.5) is 10.1 Å². The number of ether oxygens (including phenoxy) is 2. The molecule has 3 nitrogen and oxygen atoms in total. The quantitative estimate of drug-likeness (QED) is 0.457. The van der Waals surface area contributed by atoms with Gasteiger partial charge in [-0.1, -0.05) is 35.9 Å². The van der Waals surface area contributed by atoms with Gasteiger partial charge in [0.1, 0.15) is 12.4 Å². The van der Waals surface area contributed by atoms with Crippen molar-refractivity contribution in [3.05, 3.63) is 87.1 Å². The van der Waals surface area contributed by atoms with E-state index in [0.717, 1.165) is 15.7 Å². The molecule has 3 aromatic rings. The molecule has 0 aliphatic carbocycles. The molecule has 3 aromatic carbocycles. The summed E-state index contributed by atoms with van der Waals surface area (Å²) in [6, 6.07) is 16.8. The lowest BCUT2D eigenvalue weighted by Gasteiger charge is -2.16. The number of rotatable bonds is 7. The van der Waals surface area contributed by atoms with Crippen LogP contribution in [0.5, 0.6) is 11.5 Å². The zero-order valence-electron chi connectivity index (χ0n) is 16.2. The number of halogens is 2. The van der Waals surface area contributed by atoms with E-state index in [9.17, 15) is 4.39 Å². The number of hydrogen-bond donors (Lipinski definition) is 1. The molecule has 0 aliphatic heterocycles. The second-order valence-electron chi connectivity index (χ2n) is 6.66. The van der Waals surface area contributed by atoms with E-state index in [1.807, 2.05) is 12.1 Å². The van der Waals surface area contributed by atoms with E-state index in [0.29, 0.717) is 23.6 Å². The normalized spacial score (nSPS) is 10.6. The fraction of sp³-hybridized carbons (Fsp3) is 0.217. The largest absolute Gasteiger partial charge is 0.493 e. The lowest BCUT2D eigenvalue weighted by atomic mass is 10.1. The molecule has 0 saturated heterocycles. The Morgan fingerprint density at radius 2 is 1.82 bits per heavy atom. The molecule has 0 aromatic heterocycles. The maximum atomic E-state index is 13.8. The van der Waals surface area contributed by atoms with Crippen molar-refractivity contribution in [2.45, 2.75) is 27.0 Å². The fourth-order valence-electron chi connectivity index (χ4n) is 2.99. The Labute approximate surface area is 173 Å². The Bertz CT molecular complexity index is 975. The van der Waals surface area contributed by atoms with Crippen LogP contribution in [0.1, 0.15) is 22.3 Å². The molecule has 0 heterocycles. The first-order valence-corrected chi connectivity index (χ1v) is 9.81. The van der Waals surface area contributed by atoms with Crippen LogP contribution in [-0.2, 0) is 13.2 Å². The van der Waals surface area contributed by atoms with Crippen molar-refractivity contribution in [3.63, 3.8) is 0 Å². The molecular formula is C23H23BrFNO2. The summed E-state index contributed by atoms with van der Waals surface area (Å²) in [7, 11) is 1.60. The van der Waals surface area contributed by atoms with Crippen molar-refractivity contribution >= 4 is 21.6 Å². The summed E-state index contributed by atoms with van der Waals surface area (Å²) in [5.74, 6) is 0.871. The minimum absolute atomic E-state index is 0.127. The van der Waals surface area contributed by atoms with Crippen LogP contribution in [0.15, 0.2) is 59.1 Å². The molecule has 0 amide bonds. The monoisotopic (exact) mass is 443 g/mol. The molecule has 3 rings (SSSR count). The van der Waals surface area contributed by atoms with Gasteiger partial charge in [0.25, 0.3) is 0 Å². The van der Waals surface area contributed by atoms with E-state index >= 15 is 0 Å². The number of aryl methyl sites for hydroxylation is 2. The zero-order valence-corrected chi connectivity index (χ0v) is 17.8. The third kappa shape index (κ3) is 4.84. The summed E-state index contributed by atoms with van der Waals surface area (Å²) >= 11 is 3.55. The summed E-state index contributed by atoms with van der Waals surface area (Å²) in [6.45, 7) is 4.94. The summed E-state index contributed by atoms with van der Waals surface area (Å²) in [4.78, 5) is 0. The van der Waals surface area contributed by atoms with E-state index in [1.54, 1.807) is 25.3 Å². The molecule has 0 saturated carbocycles.